The van der Waals surface area contributed by atoms with Gasteiger partial charge in [-0.1, -0.05) is 49.3 Å². The van der Waals surface area contributed by atoms with Crippen molar-refractivity contribution in [2.45, 2.75) is 26.2 Å². The fourth-order valence-corrected chi connectivity index (χ4v) is 1.41. The molecule has 0 radical (unpaired) electrons. The predicted octanol–water partition coefficient (Wildman–Crippen LogP) is 3.56. The summed E-state index contributed by atoms with van der Waals surface area (Å²) in [4.78, 5) is 0. The first kappa shape index (κ1) is 11.5. The first-order chi connectivity index (χ1) is 7.19. The largest absolute Gasteiger partial charge is 0.411 e. The van der Waals surface area contributed by atoms with Gasteiger partial charge in [0.15, 0.2) is 0 Å². The van der Waals surface area contributed by atoms with Gasteiger partial charge in [-0.3, -0.25) is 0 Å². The minimum Gasteiger partial charge on any atom is -0.411 e. The zero-order valence-corrected chi connectivity index (χ0v) is 9.27. The van der Waals surface area contributed by atoms with Gasteiger partial charge in [0, 0.05) is 6.42 Å². The van der Waals surface area contributed by atoms with Gasteiger partial charge >= 0.3 is 0 Å². The van der Waals surface area contributed by atoms with Crippen LogP contribution in [0.1, 0.15) is 37.3 Å². The molecule has 0 aromatic heterocycles. The van der Waals surface area contributed by atoms with Crippen LogP contribution in [0.2, 0.25) is 0 Å². The molecular formula is C13H17NO. The summed E-state index contributed by atoms with van der Waals surface area (Å²) >= 11 is 0. The van der Waals surface area contributed by atoms with E-state index >= 15 is 0 Å². The molecule has 15 heavy (non-hydrogen) atoms. The van der Waals surface area contributed by atoms with E-state index in [2.05, 4.69) is 37.7 Å². The van der Waals surface area contributed by atoms with Crippen molar-refractivity contribution in [3.05, 3.63) is 48.0 Å². The second kappa shape index (κ2) is 5.35. The van der Waals surface area contributed by atoms with Crippen molar-refractivity contribution >= 4 is 5.71 Å². The van der Waals surface area contributed by atoms with E-state index in [1.807, 2.05) is 12.1 Å². The van der Waals surface area contributed by atoms with E-state index in [-0.39, 0.29) is 0 Å². The van der Waals surface area contributed by atoms with Crippen LogP contribution in [0.5, 0.6) is 0 Å². The minimum absolute atomic E-state index is 0.521. The van der Waals surface area contributed by atoms with Crippen LogP contribution in [0.25, 0.3) is 0 Å². The van der Waals surface area contributed by atoms with Gasteiger partial charge in [-0.15, -0.1) is 6.58 Å². The molecule has 80 valence electrons. The van der Waals surface area contributed by atoms with Crippen molar-refractivity contribution in [3.63, 3.8) is 0 Å². The fraction of sp³-hybridized carbons (Fsp3) is 0.308. The molecule has 0 saturated carbocycles. The molecule has 1 aromatic rings. The van der Waals surface area contributed by atoms with Crippen molar-refractivity contribution in [3.8, 4) is 0 Å². The van der Waals surface area contributed by atoms with Gasteiger partial charge < -0.3 is 5.21 Å². The van der Waals surface area contributed by atoms with Gasteiger partial charge in [0.05, 0.1) is 5.71 Å². The van der Waals surface area contributed by atoms with E-state index in [4.69, 9.17) is 5.21 Å². The maximum atomic E-state index is 8.83. The van der Waals surface area contributed by atoms with Gasteiger partial charge in [0.1, 0.15) is 0 Å². The number of benzene rings is 1. The van der Waals surface area contributed by atoms with Gasteiger partial charge in [0.25, 0.3) is 0 Å². The van der Waals surface area contributed by atoms with E-state index in [9.17, 15) is 0 Å². The SMILES string of the molecule is C=CCC(=NO)c1ccc(C(C)C)cc1. The quantitative estimate of drug-likeness (QED) is 0.345. The zero-order chi connectivity index (χ0) is 11.3. The van der Waals surface area contributed by atoms with Crippen LogP contribution < -0.4 is 0 Å². The van der Waals surface area contributed by atoms with Crippen LogP contribution in [0.15, 0.2) is 42.1 Å². The van der Waals surface area contributed by atoms with Crippen LogP contribution in [0.3, 0.4) is 0 Å². The van der Waals surface area contributed by atoms with E-state index < -0.39 is 0 Å². The number of oxime groups is 1. The molecule has 1 rings (SSSR count). The van der Waals surface area contributed by atoms with Gasteiger partial charge in [-0.05, 0) is 17.0 Å². The summed E-state index contributed by atoms with van der Waals surface area (Å²) in [5.41, 5.74) is 2.89. The highest BCUT2D eigenvalue weighted by Gasteiger charge is 2.03. The summed E-state index contributed by atoms with van der Waals surface area (Å²) in [6.07, 6.45) is 2.31. The molecule has 0 aliphatic heterocycles. The smallest absolute Gasteiger partial charge is 0.0905 e. The van der Waals surface area contributed by atoms with Gasteiger partial charge in [-0.2, -0.15) is 0 Å². The average Bonchev–Trinajstić information content (AvgIpc) is 2.26. The summed E-state index contributed by atoms with van der Waals surface area (Å²) in [5, 5.41) is 12.1. The molecule has 0 bridgehead atoms. The van der Waals surface area contributed by atoms with Gasteiger partial charge in [-0.25, -0.2) is 0 Å². The molecule has 0 unspecified atom stereocenters. The molecule has 0 fully saturated rings. The first-order valence-electron chi connectivity index (χ1n) is 5.11. The lowest BCUT2D eigenvalue weighted by Crippen LogP contribution is -1.99. The van der Waals surface area contributed by atoms with Crippen LogP contribution in [0, 0.1) is 0 Å². The molecule has 1 N–H and O–H groups in total. The maximum Gasteiger partial charge on any atom is 0.0905 e. The standard InChI is InChI=1S/C13H17NO/c1-4-5-13(14-15)12-8-6-11(7-9-12)10(2)3/h4,6-10,15H,1,5H2,2-3H3. The lowest BCUT2D eigenvalue weighted by Gasteiger charge is -2.06. The zero-order valence-electron chi connectivity index (χ0n) is 9.27. The van der Waals surface area contributed by atoms with Crippen molar-refractivity contribution in [1.82, 2.24) is 0 Å². The van der Waals surface area contributed by atoms with Crippen molar-refractivity contribution in [2.24, 2.45) is 5.16 Å². The Morgan fingerprint density at radius 3 is 2.40 bits per heavy atom. The summed E-state index contributed by atoms with van der Waals surface area (Å²) in [6.45, 7) is 7.93. The molecule has 2 nitrogen and oxygen atoms in total. The molecule has 0 heterocycles. The Kier molecular flexibility index (Phi) is 4.10. The summed E-state index contributed by atoms with van der Waals surface area (Å²) in [5.74, 6) is 0.521. The van der Waals surface area contributed by atoms with E-state index in [0.717, 1.165) is 5.56 Å². The van der Waals surface area contributed by atoms with E-state index in [0.29, 0.717) is 18.1 Å². The number of allylic oxidation sites excluding steroid dienone is 1. The Labute approximate surface area is 90.9 Å². The first-order valence-corrected chi connectivity index (χ1v) is 5.11. The van der Waals surface area contributed by atoms with Crippen LogP contribution in [-0.4, -0.2) is 10.9 Å². The van der Waals surface area contributed by atoms with E-state index in [1.54, 1.807) is 6.08 Å². The summed E-state index contributed by atoms with van der Waals surface area (Å²) < 4.78 is 0. The molecule has 0 atom stereocenters. The van der Waals surface area contributed by atoms with Gasteiger partial charge in [0.2, 0.25) is 0 Å². The Balaban J connectivity index is 2.92. The second-order valence-electron chi connectivity index (χ2n) is 3.82. The highest BCUT2D eigenvalue weighted by Crippen LogP contribution is 2.15. The summed E-state index contributed by atoms with van der Waals surface area (Å²) in [6, 6.07) is 8.09. The Bertz CT molecular complexity index is 349. The number of rotatable bonds is 4. The maximum absolute atomic E-state index is 8.83. The number of nitrogens with zero attached hydrogens (tertiary/aromatic N) is 1. The topological polar surface area (TPSA) is 32.6 Å². The highest BCUT2D eigenvalue weighted by atomic mass is 16.4. The molecule has 0 aliphatic rings. The van der Waals surface area contributed by atoms with Crippen LogP contribution >= 0.6 is 0 Å². The lowest BCUT2D eigenvalue weighted by atomic mass is 9.99. The Morgan fingerprint density at radius 1 is 1.40 bits per heavy atom. The molecular weight excluding hydrogens is 186 g/mol. The Hall–Kier alpha value is -1.57. The highest BCUT2D eigenvalue weighted by molar-refractivity contribution is 6.01. The van der Waals surface area contributed by atoms with E-state index in [1.165, 1.54) is 5.56 Å². The van der Waals surface area contributed by atoms with Crippen molar-refractivity contribution < 1.29 is 5.21 Å². The third-order valence-electron chi connectivity index (χ3n) is 2.37. The summed E-state index contributed by atoms with van der Waals surface area (Å²) in [7, 11) is 0. The molecule has 1 aromatic carbocycles. The van der Waals surface area contributed by atoms with Crippen molar-refractivity contribution in [2.75, 3.05) is 0 Å². The molecule has 0 spiro atoms. The number of hydrogen-bond acceptors (Lipinski definition) is 2. The molecule has 2 heteroatoms. The minimum atomic E-state index is 0.521. The molecule has 0 saturated heterocycles. The number of hydrogen-bond donors (Lipinski definition) is 1. The predicted molar refractivity (Wildman–Crippen MR) is 63.7 cm³/mol. The molecule has 0 amide bonds. The third kappa shape index (κ3) is 2.94. The van der Waals surface area contributed by atoms with Crippen molar-refractivity contribution in [1.29, 1.82) is 0 Å². The normalized spacial score (nSPS) is 11.8. The lowest BCUT2D eigenvalue weighted by molar-refractivity contribution is 0.318. The van der Waals surface area contributed by atoms with Crippen LogP contribution in [0.4, 0.5) is 0 Å². The second-order valence-corrected chi connectivity index (χ2v) is 3.82. The third-order valence-corrected chi connectivity index (χ3v) is 2.37. The Morgan fingerprint density at radius 2 is 2.00 bits per heavy atom. The fourth-order valence-electron chi connectivity index (χ4n) is 1.41. The van der Waals surface area contributed by atoms with Crippen LogP contribution in [-0.2, 0) is 0 Å². The molecule has 0 aliphatic carbocycles. The monoisotopic (exact) mass is 203 g/mol. The average molecular weight is 203 g/mol.